The normalized spacial score (nSPS) is 10.9. The fraction of sp³-hybridized carbons (Fsp3) is 0. The summed E-state index contributed by atoms with van der Waals surface area (Å²) in [4.78, 5) is 7.11. The molecule has 0 unspecified atom stereocenters. The molecule has 0 atom stereocenters. The molecule has 70 valence electrons. The minimum atomic E-state index is 0.868. The van der Waals surface area contributed by atoms with Crippen molar-refractivity contribution in [3.63, 3.8) is 0 Å². The molecule has 0 fully saturated rings. The SMILES string of the molecule is Brc1ccc(C=Cc2ncc[nH]2)cc1. The number of imidazole rings is 1. The largest absolute Gasteiger partial charge is 0.345 e. The molecule has 14 heavy (non-hydrogen) atoms. The van der Waals surface area contributed by atoms with E-state index < -0.39 is 0 Å². The van der Waals surface area contributed by atoms with Crippen LogP contribution in [0.5, 0.6) is 0 Å². The predicted octanol–water partition coefficient (Wildman–Crippen LogP) is 3.34. The average Bonchev–Trinajstić information content (AvgIpc) is 2.70. The summed E-state index contributed by atoms with van der Waals surface area (Å²) < 4.78 is 1.09. The van der Waals surface area contributed by atoms with Gasteiger partial charge in [-0.25, -0.2) is 4.98 Å². The van der Waals surface area contributed by atoms with Crippen molar-refractivity contribution in [1.29, 1.82) is 0 Å². The molecule has 3 heteroatoms. The molecule has 0 aliphatic rings. The maximum atomic E-state index is 4.10. The van der Waals surface area contributed by atoms with Gasteiger partial charge in [0.25, 0.3) is 0 Å². The molecule has 2 aromatic rings. The second-order valence-corrected chi connectivity index (χ2v) is 3.77. The van der Waals surface area contributed by atoms with Gasteiger partial charge in [-0.05, 0) is 23.8 Å². The highest BCUT2D eigenvalue weighted by Gasteiger charge is 1.89. The van der Waals surface area contributed by atoms with Gasteiger partial charge in [0.2, 0.25) is 0 Å². The van der Waals surface area contributed by atoms with Gasteiger partial charge < -0.3 is 4.98 Å². The summed E-state index contributed by atoms with van der Waals surface area (Å²) >= 11 is 3.39. The third kappa shape index (κ3) is 2.33. The fourth-order valence-electron chi connectivity index (χ4n) is 1.12. The number of H-pyrrole nitrogens is 1. The highest BCUT2D eigenvalue weighted by atomic mass is 79.9. The van der Waals surface area contributed by atoms with Crippen molar-refractivity contribution >= 4 is 28.1 Å². The lowest BCUT2D eigenvalue weighted by atomic mass is 10.2. The number of aromatic amines is 1. The van der Waals surface area contributed by atoms with Gasteiger partial charge in [0.05, 0.1) is 0 Å². The molecule has 0 spiro atoms. The summed E-state index contributed by atoms with van der Waals surface area (Å²) in [5, 5.41) is 0. The standard InChI is InChI=1S/C11H9BrN2/c12-10-4-1-9(2-5-10)3-6-11-13-7-8-14-11/h1-8H,(H,13,14). The molecule has 0 amide bonds. The van der Waals surface area contributed by atoms with Gasteiger partial charge in [0.1, 0.15) is 5.82 Å². The molecule has 1 N–H and O–H groups in total. The number of nitrogens with one attached hydrogen (secondary N) is 1. The molecular weight excluding hydrogens is 240 g/mol. The summed E-state index contributed by atoms with van der Waals surface area (Å²) in [6, 6.07) is 8.12. The van der Waals surface area contributed by atoms with E-state index >= 15 is 0 Å². The summed E-state index contributed by atoms with van der Waals surface area (Å²) in [5.74, 6) is 0.868. The summed E-state index contributed by atoms with van der Waals surface area (Å²) in [7, 11) is 0. The minimum Gasteiger partial charge on any atom is -0.345 e. The van der Waals surface area contributed by atoms with Crippen LogP contribution in [0.15, 0.2) is 41.1 Å². The molecule has 1 aromatic carbocycles. The molecule has 0 radical (unpaired) electrons. The van der Waals surface area contributed by atoms with Gasteiger partial charge in [-0.3, -0.25) is 0 Å². The molecule has 1 heterocycles. The zero-order valence-corrected chi connectivity index (χ0v) is 9.03. The Morgan fingerprint density at radius 2 is 1.93 bits per heavy atom. The Balaban J connectivity index is 2.15. The summed E-state index contributed by atoms with van der Waals surface area (Å²) in [5.41, 5.74) is 1.16. The highest BCUT2D eigenvalue weighted by Crippen LogP contribution is 2.12. The van der Waals surface area contributed by atoms with Gasteiger partial charge in [-0.1, -0.05) is 34.1 Å². The van der Waals surface area contributed by atoms with Crippen molar-refractivity contribution in [2.75, 3.05) is 0 Å². The van der Waals surface area contributed by atoms with Crippen LogP contribution >= 0.6 is 15.9 Å². The molecule has 1 aromatic heterocycles. The maximum Gasteiger partial charge on any atom is 0.129 e. The van der Waals surface area contributed by atoms with E-state index in [0.717, 1.165) is 15.9 Å². The van der Waals surface area contributed by atoms with Gasteiger partial charge in [0, 0.05) is 16.9 Å². The number of aromatic nitrogens is 2. The summed E-state index contributed by atoms with van der Waals surface area (Å²) in [6.07, 6.45) is 7.51. The first-order valence-corrected chi connectivity index (χ1v) is 5.07. The van der Waals surface area contributed by atoms with Gasteiger partial charge in [-0.15, -0.1) is 0 Å². The Morgan fingerprint density at radius 1 is 1.14 bits per heavy atom. The molecule has 2 rings (SSSR count). The van der Waals surface area contributed by atoms with E-state index in [1.165, 1.54) is 0 Å². The highest BCUT2D eigenvalue weighted by molar-refractivity contribution is 9.10. The van der Waals surface area contributed by atoms with Gasteiger partial charge in [-0.2, -0.15) is 0 Å². The van der Waals surface area contributed by atoms with Crippen LogP contribution in [0.25, 0.3) is 12.2 Å². The van der Waals surface area contributed by atoms with E-state index in [2.05, 4.69) is 25.9 Å². The van der Waals surface area contributed by atoms with Crippen LogP contribution in [0.1, 0.15) is 11.4 Å². The van der Waals surface area contributed by atoms with E-state index in [4.69, 9.17) is 0 Å². The molecule has 0 saturated heterocycles. The van der Waals surface area contributed by atoms with Crippen molar-refractivity contribution in [3.05, 3.63) is 52.5 Å². The van der Waals surface area contributed by atoms with Crippen LogP contribution in [0.3, 0.4) is 0 Å². The number of rotatable bonds is 2. The van der Waals surface area contributed by atoms with Crippen LogP contribution in [0, 0.1) is 0 Å². The second kappa shape index (κ2) is 4.24. The van der Waals surface area contributed by atoms with E-state index in [-0.39, 0.29) is 0 Å². The monoisotopic (exact) mass is 248 g/mol. The maximum absolute atomic E-state index is 4.10. The number of hydrogen-bond donors (Lipinski definition) is 1. The van der Waals surface area contributed by atoms with E-state index in [9.17, 15) is 0 Å². The lowest BCUT2D eigenvalue weighted by Crippen LogP contribution is -1.74. The van der Waals surface area contributed by atoms with Crippen LogP contribution in [-0.4, -0.2) is 9.97 Å². The van der Waals surface area contributed by atoms with Crippen LogP contribution in [0.2, 0.25) is 0 Å². The Kier molecular flexibility index (Phi) is 2.79. The first kappa shape index (κ1) is 9.21. The number of benzene rings is 1. The first-order chi connectivity index (χ1) is 6.84. The Bertz CT molecular complexity index is 415. The predicted molar refractivity (Wildman–Crippen MR) is 61.7 cm³/mol. The van der Waals surface area contributed by atoms with Crippen molar-refractivity contribution in [2.24, 2.45) is 0 Å². The van der Waals surface area contributed by atoms with Gasteiger partial charge >= 0.3 is 0 Å². The van der Waals surface area contributed by atoms with E-state index in [1.54, 1.807) is 12.4 Å². The lowest BCUT2D eigenvalue weighted by molar-refractivity contribution is 1.27. The second-order valence-electron chi connectivity index (χ2n) is 2.86. The zero-order chi connectivity index (χ0) is 9.80. The molecule has 0 aliphatic heterocycles. The van der Waals surface area contributed by atoms with Crippen LogP contribution in [0.4, 0.5) is 0 Å². The zero-order valence-electron chi connectivity index (χ0n) is 7.44. The first-order valence-electron chi connectivity index (χ1n) is 4.27. The van der Waals surface area contributed by atoms with Crippen LogP contribution < -0.4 is 0 Å². The Hall–Kier alpha value is -1.35. The average molecular weight is 249 g/mol. The quantitative estimate of drug-likeness (QED) is 0.868. The van der Waals surface area contributed by atoms with E-state index in [1.807, 2.05) is 36.4 Å². The topological polar surface area (TPSA) is 28.7 Å². The number of halogens is 1. The Morgan fingerprint density at radius 3 is 2.57 bits per heavy atom. The van der Waals surface area contributed by atoms with Crippen molar-refractivity contribution < 1.29 is 0 Å². The fourth-order valence-corrected chi connectivity index (χ4v) is 1.38. The summed E-state index contributed by atoms with van der Waals surface area (Å²) in [6.45, 7) is 0. The van der Waals surface area contributed by atoms with Crippen molar-refractivity contribution in [1.82, 2.24) is 9.97 Å². The number of hydrogen-bond acceptors (Lipinski definition) is 1. The molecule has 0 saturated carbocycles. The molecule has 0 aliphatic carbocycles. The molecular formula is C11H9BrN2. The third-order valence-electron chi connectivity index (χ3n) is 1.82. The van der Waals surface area contributed by atoms with Crippen LogP contribution in [-0.2, 0) is 0 Å². The van der Waals surface area contributed by atoms with Crippen molar-refractivity contribution in [2.45, 2.75) is 0 Å². The third-order valence-corrected chi connectivity index (χ3v) is 2.35. The van der Waals surface area contributed by atoms with Gasteiger partial charge in [0.15, 0.2) is 0 Å². The smallest absolute Gasteiger partial charge is 0.129 e. The minimum absolute atomic E-state index is 0.868. The molecule has 0 bridgehead atoms. The lowest BCUT2D eigenvalue weighted by Gasteiger charge is -1.92. The Labute approximate surface area is 90.8 Å². The number of nitrogens with zero attached hydrogens (tertiary/aromatic N) is 1. The van der Waals surface area contributed by atoms with Crippen molar-refractivity contribution in [3.8, 4) is 0 Å². The van der Waals surface area contributed by atoms with E-state index in [0.29, 0.717) is 0 Å². The molecule has 2 nitrogen and oxygen atoms in total.